The van der Waals surface area contributed by atoms with E-state index in [4.69, 9.17) is 5.11 Å². The number of hydrogen-bond acceptors (Lipinski definition) is 3. The molecule has 18 heavy (non-hydrogen) atoms. The summed E-state index contributed by atoms with van der Waals surface area (Å²) in [4.78, 5) is 26.3. The topological polar surface area (TPSA) is 60.9 Å². The second-order valence-corrected chi connectivity index (χ2v) is 5.80. The molecule has 0 bridgehead atoms. The minimum Gasteiger partial charge on any atom is -0.481 e. The van der Waals surface area contributed by atoms with Gasteiger partial charge in [0.1, 0.15) is 0 Å². The standard InChI is InChI=1S/C13H24N2O3/c1-13(7-8-14(2)9-13)10-15(3)11(16)5-4-6-12(17)18/h4-10H2,1-3H3,(H,17,18)/t13-/m1/s1. The van der Waals surface area contributed by atoms with Crippen molar-refractivity contribution >= 4 is 11.9 Å². The monoisotopic (exact) mass is 256 g/mol. The average molecular weight is 256 g/mol. The molecule has 1 rings (SSSR count). The van der Waals surface area contributed by atoms with Gasteiger partial charge in [0.05, 0.1) is 0 Å². The van der Waals surface area contributed by atoms with Crippen LogP contribution in [0.4, 0.5) is 0 Å². The van der Waals surface area contributed by atoms with E-state index in [1.807, 2.05) is 7.05 Å². The van der Waals surface area contributed by atoms with Gasteiger partial charge in [-0.15, -0.1) is 0 Å². The highest BCUT2D eigenvalue weighted by Crippen LogP contribution is 2.29. The van der Waals surface area contributed by atoms with Crippen LogP contribution in [0.1, 0.15) is 32.6 Å². The van der Waals surface area contributed by atoms with Gasteiger partial charge in [-0.1, -0.05) is 6.92 Å². The molecule has 0 radical (unpaired) electrons. The SMILES string of the molecule is CN1CC[C@@](C)(CN(C)C(=O)CCCC(=O)O)C1. The van der Waals surface area contributed by atoms with Crippen molar-refractivity contribution in [3.63, 3.8) is 0 Å². The lowest BCUT2D eigenvalue weighted by Crippen LogP contribution is -2.38. The zero-order valence-corrected chi connectivity index (χ0v) is 11.6. The summed E-state index contributed by atoms with van der Waals surface area (Å²) in [6, 6.07) is 0. The fraction of sp³-hybridized carbons (Fsp3) is 0.846. The zero-order valence-electron chi connectivity index (χ0n) is 11.6. The van der Waals surface area contributed by atoms with Crippen LogP contribution in [0.2, 0.25) is 0 Å². The van der Waals surface area contributed by atoms with Gasteiger partial charge in [-0.2, -0.15) is 0 Å². The molecule has 104 valence electrons. The van der Waals surface area contributed by atoms with E-state index in [-0.39, 0.29) is 17.7 Å². The second-order valence-electron chi connectivity index (χ2n) is 5.80. The van der Waals surface area contributed by atoms with E-state index < -0.39 is 5.97 Å². The van der Waals surface area contributed by atoms with Crippen LogP contribution in [0.15, 0.2) is 0 Å². The van der Waals surface area contributed by atoms with E-state index in [9.17, 15) is 9.59 Å². The number of likely N-dealkylation sites (tertiary alicyclic amines) is 1. The molecule has 0 saturated carbocycles. The van der Waals surface area contributed by atoms with Gasteiger partial charge in [-0.25, -0.2) is 0 Å². The molecule has 0 aromatic heterocycles. The Morgan fingerprint density at radius 1 is 1.39 bits per heavy atom. The largest absolute Gasteiger partial charge is 0.481 e. The predicted octanol–water partition coefficient (Wildman–Crippen LogP) is 1.04. The Hall–Kier alpha value is -1.10. The molecule has 1 aliphatic heterocycles. The molecule has 0 aliphatic carbocycles. The maximum absolute atomic E-state index is 11.9. The summed E-state index contributed by atoms with van der Waals surface area (Å²) in [5.74, 6) is -0.790. The summed E-state index contributed by atoms with van der Waals surface area (Å²) in [6.45, 7) is 5.05. The molecule has 1 atom stereocenters. The molecule has 1 saturated heterocycles. The van der Waals surface area contributed by atoms with Crippen LogP contribution >= 0.6 is 0 Å². The smallest absolute Gasteiger partial charge is 0.303 e. The Bertz CT molecular complexity index is 319. The van der Waals surface area contributed by atoms with Gasteiger partial charge in [-0.3, -0.25) is 9.59 Å². The maximum atomic E-state index is 11.9. The first kappa shape index (κ1) is 15.0. The second kappa shape index (κ2) is 6.18. The summed E-state index contributed by atoms with van der Waals surface area (Å²) in [6.07, 6.45) is 1.93. The van der Waals surface area contributed by atoms with Gasteiger partial charge >= 0.3 is 5.97 Å². The number of hydrogen-bond donors (Lipinski definition) is 1. The summed E-state index contributed by atoms with van der Waals surface area (Å²) in [5, 5.41) is 8.53. The minimum atomic E-state index is -0.838. The van der Waals surface area contributed by atoms with E-state index in [2.05, 4.69) is 18.9 Å². The third kappa shape index (κ3) is 4.64. The van der Waals surface area contributed by atoms with Crippen molar-refractivity contribution in [3.05, 3.63) is 0 Å². The van der Waals surface area contributed by atoms with E-state index >= 15 is 0 Å². The summed E-state index contributed by atoms with van der Waals surface area (Å²) < 4.78 is 0. The van der Waals surface area contributed by atoms with Crippen molar-refractivity contribution in [3.8, 4) is 0 Å². The van der Waals surface area contributed by atoms with Crippen LogP contribution in [-0.2, 0) is 9.59 Å². The van der Waals surface area contributed by atoms with Gasteiger partial charge in [-0.05, 0) is 31.8 Å². The molecule has 5 nitrogen and oxygen atoms in total. The number of rotatable bonds is 6. The third-order valence-electron chi connectivity index (χ3n) is 3.57. The molecule has 1 aliphatic rings. The average Bonchev–Trinajstić information content (AvgIpc) is 2.57. The van der Waals surface area contributed by atoms with Gasteiger partial charge in [0, 0.05) is 33.0 Å². The fourth-order valence-electron chi connectivity index (χ4n) is 2.64. The zero-order chi connectivity index (χ0) is 13.8. The van der Waals surface area contributed by atoms with Crippen LogP contribution in [0.25, 0.3) is 0 Å². The molecule has 1 heterocycles. The van der Waals surface area contributed by atoms with Crippen molar-refractivity contribution < 1.29 is 14.7 Å². The van der Waals surface area contributed by atoms with E-state index in [1.165, 1.54) is 0 Å². The van der Waals surface area contributed by atoms with Crippen LogP contribution < -0.4 is 0 Å². The first-order chi connectivity index (χ1) is 8.32. The first-order valence-corrected chi connectivity index (χ1v) is 6.47. The molecular formula is C13H24N2O3. The van der Waals surface area contributed by atoms with Gasteiger partial charge in [0.15, 0.2) is 0 Å². The number of aliphatic carboxylic acids is 1. The van der Waals surface area contributed by atoms with Gasteiger partial charge in [0.25, 0.3) is 0 Å². The first-order valence-electron chi connectivity index (χ1n) is 6.47. The number of carbonyl (C=O) groups excluding carboxylic acids is 1. The number of amides is 1. The number of carbonyl (C=O) groups is 2. The molecule has 5 heteroatoms. The summed E-state index contributed by atoms with van der Waals surface area (Å²) in [5.41, 5.74) is 0.173. The van der Waals surface area contributed by atoms with Crippen molar-refractivity contribution in [2.75, 3.05) is 33.7 Å². The van der Waals surface area contributed by atoms with Crippen molar-refractivity contribution in [2.24, 2.45) is 5.41 Å². The van der Waals surface area contributed by atoms with Crippen molar-refractivity contribution in [1.29, 1.82) is 0 Å². The Labute approximate surface area is 109 Å². The van der Waals surface area contributed by atoms with Gasteiger partial charge < -0.3 is 14.9 Å². The lowest BCUT2D eigenvalue weighted by atomic mass is 9.89. The number of carboxylic acid groups (broad SMARTS) is 1. The predicted molar refractivity (Wildman–Crippen MR) is 69.3 cm³/mol. The molecule has 0 unspecified atom stereocenters. The number of carboxylic acids is 1. The fourth-order valence-corrected chi connectivity index (χ4v) is 2.64. The molecule has 1 fully saturated rings. The molecule has 0 spiro atoms. The Kier molecular flexibility index (Phi) is 5.14. The van der Waals surface area contributed by atoms with Crippen LogP contribution in [0, 0.1) is 5.41 Å². The molecule has 0 aromatic rings. The normalized spacial score (nSPS) is 24.2. The molecule has 1 amide bonds. The van der Waals surface area contributed by atoms with E-state index in [0.717, 1.165) is 26.1 Å². The molecular weight excluding hydrogens is 232 g/mol. The number of nitrogens with zero attached hydrogens (tertiary/aromatic N) is 2. The minimum absolute atomic E-state index is 0.0482. The van der Waals surface area contributed by atoms with Crippen LogP contribution in [0.5, 0.6) is 0 Å². The summed E-state index contributed by atoms with van der Waals surface area (Å²) in [7, 11) is 3.91. The quantitative estimate of drug-likeness (QED) is 0.771. The third-order valence-corrected chi connectivity index (χ3v) is 3.57. The van der Waals surface area contributed by atoms with Crippen molar-refractivity contribution in [2.45, 2.75) is 32.6 Å². The van der Waals surface area contributed by atoms with Crippen molar-refractivity contribution in [1.82, 2.24) is 9.80 Å². The Morgan fingerprint density at radius 2 is 2.06 bits per heavy atom. The highest BCUT2D eigenvalue weighted by molar-refractivity contribution is 5.76. The molecule has 1 N–H and O–H groups in total. The highest BCUT2D eigenvalue weighted by Gasteiger charge is 2.33. The lowest BCUT2D eigenvalue weighted by molar-refractivity contribution is -0.137. The highest BCUT2D eigenvalue weighted by atomic mass is 16.4. The summed E-state index contributed by atoms with van der Waals surface area (Å²) >= 11 is 0. The molecule has 0 aromatic carbocycles. The van der Waals surface area contributed by atoms with Gasteiger partial charge in [0.2, 0.25) is 5.91 Å². The Morgan fingerprint density at radius 3 is 2.56 bits per heavy atom. The maximum Gasteiger partial charge on any atom is 0.303 e. The Balaban J connectivity index is 2.33. The van der Waals surface area contributed by atoms with E-state index in [1.54, 1.807) is 4.90 Å². The van der Waals surface area contributed by atoms with E-state index in [0.29, 0.717) is 12.8 Å². The lowest BCUT2D eigenvalue weighted by Gasteiger charge is -2.30. The van der Waals surface area contributed by atoms with Crippen LogP contribution in [-0.4, -0.2) is 60.5 Å². The van der Waals surface area contributed by atoms with Crippen LogP contribution in [0.3, 0.4) is 0 Å².